The lowest BCUT2D eigenvalue weighted by Gasteiger charge is -2.09. The monoisotopic (exact) mass is 364 g/mol. The van der Waals surface area contributed by atoms with E-state index in [-0.39, 0.29) is 43.7 Å². The molecule has 0 saturated heterocycles. The number of hydrogen-bond donors (Lipinski definition) is 2. The van der Waals surface area contributed by atoms with Crippen LogP contribution >= 0.6 is 11.6 Å². The quantitative estimate of drug-likeness (QED) is 0.708. The van der Waals surface area contributed by atoms with Crippen molar-refractivity contribution in [2.24, 2.45) is 0 Å². The molecular formula is C18H18ClFN2O3. The van der Waals surface area contributed by atoms with Crippen LogP contribution in [0.2, 0.25) is 5.02 Å². The van der Waals surface area contributed by atoms with Crippen LogP contribution in [0.5, 0.6) is 5.75 Å². The molecule has 0 heterocycles. The minimum Gasteiger partial charge on any atom is -0.489 e. The summed E-state index contributed by atoms with van der Waals surface area (Å²) in [7, 11) is 0. The van der Waals surface area contributed by atoms with Gasteiger partial charge in [-0.15, -0.1) is 0 Å². The molecule has 0 aliphatic rings. The van der Waals surface area contributed by atoms with Crippen LogP contribution < -0.4 is 15.4 Å². The molecule has 0 atom stereocenters. The first-order valence-corrected chi connectivity index (χ1v) is 8.12. The average molecular weight is 365 g/mol. The number of halogens is 2. The molecule has 2 amide bonds. The molecule has 2 aromatic rings. The van der Waals surface area contributed by atoms with Crippen molar-refractivity contribution in [3.8, 4) is 5.75 Å². The second-order valence-corrected chi connectivity index (χ2v) is 5.52. The maximum absolute atomic E-state index is 13.3. The lowest BCUT2D eigenvalue weighted by atomic mass is 10.2. The molecule has 2 aromatic carbocycles. The number of para-hydroxylation sites is 1. The first-order chi connectivity index (χ1) is 12.1. The molecule has 7 heteroatoms. The summed E-state index contributed by atoms with van der Waals surface area (Å²) in [5.41, 5.74) is 0.364. The molecule has 5 nitrogen and oxygen atoms in total. The fourth-order valence-electron chi connectivity index (χ4n) is 2.03. The summed E-state index contributed by atoms with van der Waals surface area (Å²) in [5, 5.41) is 5.62. The van der Waals surface area contributed by atoms with E-state index < -0.39 is 5.82 Å². The Morgan fingerprint density at radius 1 is 1.00 bits per heavy atom. The number of rotatable bonds is 8. The average Bonchev–Trinajstić information content (AvgIpc) is 2.60. The first-order valence-electron chi connectivity index (χ1n) is 7.74. The van der Waals surface area contributed by atoms with Gasteiger partial charge in [0.05, 0.1) is 17.1 Å². The Morgan fingerprint density at radius 3 is 2.48 bits per heavy atom. The molecule has 0 fully saturated rings. The second kappa shape index (κ2) is 9.64. The zero-order valence-electron chi connectivity index (χ0n) is 13.4. The molecule has 0 aliphatic carbocycles. The molecule has 0 spiro atoms. The van der Waals surface area contributed by atoms with E-state index in [1.807, 2.05) is 0 Å². The summed E-state index contributed by atoms with van der Waals surface area (Å²) in [5.74, 6) is -0.877. The third kappa shape index (κ3) is 6.08. The summed E-state index contributed by atoms with van der Waals surface area (Å²) in [6.45, 7) is 0.578. The largest absolute Gasteiger partial charge is 0.489 e. The zero-order chi connectivity index (χ0) is 18.1. The predicted octanol–water partition coefficient (Wildman–Crippen LogP) is 2.79. The molecule has 2 rings (SSSR count). The highest BCUT2D eigenvalue weighted by Crippen LogP contribution is 2.15. The Labute approximate surface area is 150 Å². The van der Waals surface area contributed by atoms with Gasteiger partial charge in [-0.3, -0.25) is 9.59 Å². The number of ether oxygens (including phenoxy) is 1. The van der Waals surface area contributed by atoms with Crippen molar-refractivity contribution < 1.29 is 18.7 Å². The lowest BCUT2D eigenvalue weighted by Crippen LogP contribution is -2.32. The molecule has 0 aromatic heterocycles. The van der Waals surface area contributed by atoms with Gasteiger partial charge in [-0.25, -0.2) is 4.39 Å². The van der Waals surface area contributed by atoms with Crippen molar-refractivity contribution in [2.45, 2.75) is 6.42 Å². The van der Waals surface area contributed by atoms with Gasteiger partial charge in [-0.2, -0.15) is 0 Å². The van der Waals surface area contributed by atoms with Crippen LogP contribution in [-0.4, -0.2) is 31.5 Å². The van der Waals surface area contributed by atoms with E-state index in [0.717, 1.165) is 0 Å². The van der Waals surface area contributed by atoms with Gasteiger partial charge in [0.15, 0.2) is 11.6 Å². The van der Waals surface area contributed by atoms with Gasteiger partial charge in [0.25, 0.3) is 5.91 Å². The van der Waals surface area contributed by atoms with Gasteiger partial charge in [0, 0.05) is 13.0 Å². The van der Waals surface area contributed by atoms with Gasteiger partial charge in [-0.05, 0) is 24.3 Å². The fourth-order valence-corrected chi connectivity index (χ4v) is 2.25. The summed E-state index contributed by atoms with van der Waals surface area (Å²) in [6, 6.07) is 12.7. The molecule has 132 valence electrons. The number of carbonyl (C=O) groups is 2. The smallest absolute Gasteiger partial charge is 0.252 e. The van der Waals surface area contributed by atoms with E-state index in [2.05, 4.69) is 10.6 Å². The number of nitrogens with one attached hydrogen (secondary N) is 2. The normalized spacial score (nSPS) is 10.2. The molecule has 25 heavy (non-hydrogen) atoms. The van der Waals surface area contributed by atoms with E-state index in [0.29, 0.717) is 10.6 Å². The summed E-state index contributed by atoms with van der Waals surface area (Å²) in [4.78, 5) is 23.6. The van der Waals surface area contributed by atoms with Crippen LogP contribution in [0, 0.1) is 5.82 Å². The Bertz CT molecular complexity index is 740. The Morgan fingerprint density at radius 2 is 1.72 bits per heavy atom. The molecule has 0 saturated carbocycles. The van der Waals surface area contributed by atoms with Crippen LogP contribution in [0.1, 0.15) is 16.8 Å². The van der Waals surface area contributed by atoms with Crippen LogP contribution in [0.15, 0.2) is 48.5 Å². The third-order valence-electron chi connectivity index (χ3n) is 3.27. The molecular weight excluding hydrogens is 347 g/mol. The summed E-state index contributed by atoms with van der Waals surface area (Å²) >= 11 is 5.93. The predicted molar refractivity (Wildman–Crippen MR) is 93.3 cm³/mol. The summed E-state index contributed by atoms with van der Waals surface area (Å²) in [6.07, 6.45) is 0.121. The van der Waals surface area contributed by atoms with Crippen LogP contribution in [0.4, 0.5) is 4.39 Å². The first kappa shape index (κ1) is 18.7. The molecule has 0 bridgehead atoms. The van der Waals surface area contributed by atoms with Gasteiger partial charge < -0.3 is 15.4 Å². The van der Waals surface area contributed by atoms with E-state index in [4.69, 9.17) is 16.3 Å². The Hall–Kier alpha value is -2.60. The van der Waals surface area contributed by atoms with E-state index in [1.54, 1.807) is 36.4 Å². The van der Waals surface area contributed by atoms with E-state index in [9.17, 15) is 14.0 Å². The highest BCUT2D eigenvalue weighted by molar-refractivity contribution is 6.33. The highest BCUT2D eigenvalue weighted by atomic mass is 35.5. The van der Waals surface area contributed by atoms with Crippen molar-refractivity contribution >= 4 is 23.4 Å². The number of benzene rings is 2. The third-order valence-corrected chi connectivity index (χ3v) is 3.60. The van der Waals surface area contributed by atoms with E-state index in [1.165, 1.54) is 12.1 Å². The molecule has 0 aliphatic heterocycles. The van der Waals surface area contributed by atoms with Gasteiger partial charge >= 0.3 is 0 Å². The van der Waals surface area contributed by atoms with E-state index >= 15 is 0 Å². The minimum atomic E-state index is -0.448. The standard InChI is InChI=1S/C18H18ClFN2O3/c19-14-6-2-1-5-13(14)18(24)22-10-9-17(23)21-11-12-25-16-8-4-3-7-15(16)20/h1-8H,9-12H2,(H,21,23)(H,22,24). The van der Waals surface area contributed by atoms with Crippen LogP contribution in [0.3, 0.4) is 0 Å². The van der Waals surface area contributed by atoms with Crippen molar-refractivity contribution in [1.82, 2.24) is 10.6 Å². The second-order valence-electron chi connectivity index (χ2n) is 5.11. The fraction of sp³-hybridized carbons (Fsp3) is 0.222. The summed E-state index contributed by atoms with van der Waals surface area (Å²) < 4.78 is 18.6. The van der Waals surface area contributed by atoms with Gasteiger partial charge in [0.1, 0.15) is 6.61 Å². The van der Waals surface area contributed by atoms with Crippen molar-refractivity contribution in [3.05, 3.63) is 64.9 Å². The number of carbonyl (C=O) groups excluding carboxylic acids is 2. The van der Waals surface area contributed by atoms with Crippen LogP contribution in [-0.2, 0) is 4.79 Å². The SMILES string of the molecule is O=C(CCNC(=O)c1ccccc1Cl)NCCOc1ccccc1F. The highest BCUT2D eigenvalue weighted by Gasteiger charge is 2.09. The number of amides is 2. The molecule has 0 unspecified atom stereocenters. The van der Waals surface area contributed by atoms with Gasteiger partial charge in [0.2, 0.25) is 5.91 Å². The minimum absolute atomic E-state index is 0.121. The van der Waals surface area contributed by atoms with Crippen molar-refractivity contribution in [2.75, 3.05) is 19.7 Å². The lowest BCUT2D eigenvalue weighted by molar-refractivity contribution is -0.121. The van der Waals surface area contributed by atoms with Crippen LogP contribution in [0.25, 0.3) is 0 Å². The molecule has 2 N–H and O–H groups in total. The van der Waals surface area contributed by atoms with Crippen molar-refractivity contribution in [1.29, 1.82) is 0 Å². The van der Waals surface area contributed by atoms with Gasteiger partial charge in [-0.1, -0.05) is 35.9 Å². The number of hydrogen-bond acceptors (Lipinski definition) is 3. The molecule has 0 radical (unpaired) electrons. The van der Waals surface area contributed by atoms with Crippen molar-refractivity contribution in [3.63, 3.8) is 0 Å². The Balaban J connectivity index is 1.62. The maximum atomic E-state index is 13.3. The Kier molecular flexibility index (Phi) is 7.22. The topological polar surface area (TPSA) is 67.4 Å². The maximum Gasteiger partial charge on any atom is 0.252 e. The zero-order valence-corrected chi connectivity index (χ0v) is 14.2.